The van der Waals surface area contributed by atoms with Crippen molar-refractivity contribution in [2.75, 3.05) is 0 Å². The van der Waals surface area contributed by atoms with Gasteiger partial charge in [-0.3, -0.25) is 0 Å². The lowest BCUT2D eigenvalue weighted by Crippen LogP contribution is -2.43. The van der Waals surface area contributed by atoms with E-state index in [1.54, 1.807) is 0 Å². The van der Waals surface area contributed by atoms with Crippen molar-refractivity contribution in [2.45, 2.75) is 19.1 Å². The zero-order chi connectivity index (χ0) is 12.3. The number of hydrogen-bond donors (Lipinski definition) is 0. The monoisotopic (exact) mass is 304 g/mol. The third-order valence-electron chi connectivity index (χ3n) is 3.11. The van der Waals surface area contributed by atoms with Gasteiger partial charge in [-0.05, 0) is 18.2 Å². The van der Waals surface area contributed by atoms with Crippen LogP contribution in [-0.2, 0) is 6.04 Å². The van der Waals surface area contributed by atoms with Gasteiger partial charge in [0.15, 0.2) is 0 Å². The van der Waals surface area contributed by atoms with E-state index in [0.717, 1.165) is 4.47 Å². The van der Waals surface area contributed by atoms with E-state index in [0.29, 0.717) is 0 Å². The molecular formula is C15H17BrSi. The molecule has 2 rings (SSSR count). The van der Waals surface area contributed by atoms with Gasteiger partial charge in [-0.25, -0.2) is 0 Å². The van der Waals surface area contributed by atoms with Gasteiger partial charge >= 0.3 is 0 Å². The highest BCUT2D eigenvalue weighted by molar-refractivity contribution is 9.10. The van der Waals surface area contributed by atoms with E-state index in [1.165, 1.54) is 16.8 Å². The third kappa shape index (κ3) is 3.30. The van der Waals surface area contributed by atoms with E-state index in [1.807, 2.05) is 0 Å². The van der Waals surface area contributed by atoms with Crippen LogP contribution in [-0.4, -0.2) is 8.07 Å². The maximum atomic E-state index is 3.49. The first-order valence-electron chi connectivity index (χ1n) is 5.88. The van der Waals surface area contributed by atoms with Crippen molar-refractivity contribution in [3.8, 4) is 0 Å². The molecule has 2 aromatic rings. The fourth-order valence-corrected chi connectivity index (χ4v) is 4.90. The highest BCUT2D eigenvalue weighted by Crippen LogP contribution is 2.14. The van der Waals surface area contributed by atoms with Crippen LogP contribution in [0.5, 0.6) is 0 Å². The average molecular weight is 305 g/mol. The number of hydrogen-bond acceptors (Lipinski definition) is 0. The molecule has 0 radical (unpaired) electrons. The molecule has 0 aliphatic heterocycles. The maximum Gasteiger partial charge on any atom is 0.0849 e. The van der Waals surface area contributed by atoms with E-state index in [2.05, 4.69) is 83.6 Å². The SMILES string of the molecule is C[Si](C)(Cc1ccccc1)c1ccc(Br)cc1. The lowest BCUT2D eigenvalue weighted by atomic mass is 10.2. The molecule has 0 unspecified atom stereocenters. The Morgan fingerprint density at radius 2 is 1.47 bits per heavy atom. The van der Waals surface area contributed by atoms with Crippen molar-refractivity contribution in [3.63, 3.8) is 0 Å². The minimum atomic E-state index is -1.36. The van der Waals surface area contributed by atoms with Gasteiger partial charge in [-0.1, -0.05) is 82.2 Å². The van der Waals surface area contributed by atoms with Crippen molar-refractivity contribution in [2.24, 2.45) is 0 Å². The van der Waals surface area contributed by atoms with Crippen molar-refractivity contribution in [1.82, 2.24) is 0 Å². The molecule has 17 heavy (non-hydrogen) atoms. The van der Waals surface area contributed by atoms with Gasteiger partial charge in [0, 0.05) is 4.47 Å². The minimum absolute atomic E-state index is 1.16. The zero-order valence-electron chi connectivity index (χ0n) is 10.3. The van der Waals surface area contributed by atoms with Gasteiger partial charge in [0.2, 0.25) is 0 Å². The number of halogens is 1. The summed E-state index contributed by atoms with van der Waals surface area (Å²) in [5.41, 5.74) is 1.45. The summed E-state index contributed by atoms with van der Waals surface area (Å²) >= 11 is 3.49. The molecular weight excluding hydrogens is 288 g/mol. The van der Waals surface area contributed by atoms with Gasteiger partial charge in [0.05, 0.1) is 8.07 Å². The summed E-state index contributed by atoms with van der Waals surface area (Å²) in [6, 6.07) is 20.8. The first-order valence-corrected chi connectivity index (χ1v) is 9.88. The van der Waals surface area contributed by atoms with Crippen molar-refractivity contribution < 1.29 is 0 Å². The van der Waals surface area contributed by atoms with Gasteiger partial charge < -0.3 is 0 Å². The maximum absolute atomic E-state index is 3.49. The molecule has 0 heterocycles. The highest BCUT2D eigenvalue weighted by atomic mass is 79.9. The first-order chi connectivity index (χ1) is 8.08. The van der Waals surface area contributed by atoms with E-state index in [9.17, 15) is 0 Å². The Morgan fingerprint density at radius 3 is 2.06 bits per heavy atom. The summed E-state index contributed by atoms with van der Waals surface area (Å²) in [5.74, 6) is 0. The van der Waals surface area contributed by atoms with Crippen LogP contribution in [0.25, 0.3) is 0 Å². The van der Waals surface area contributed by atoms with Crippen molar-refractivity contribution in [1.29, 1.82) is 0 Å². The molecule has 0 amide bonds. The van der Waals surface area contributed by atoms with Crippen molar-refractivity contribution >= 4 is 29.2 Å². The molecule has 0 aliphatic rings. The van der Waals surface area contributed by atoms with E-state index < -0.39 is 8.07 Å². The summed E-state index contributed by atoms with van der Waals surface area (Å²) < 4.78 is 1.16. The van der Waals surface area contributed by atoms with Crippen LogP contribution in [0.15, 0.2) is 59.1 Å². The molecule has 0 fully saturated rings. The van der Waals surface area contributed by atoms with Crippen molar-refractivity contribution in [3.05, 3.63) is 64.6 Å². The minimum Gasteiger partial charge on any atom is -0.0652 e. The van der Waals surface area contributed by atoms with Gasteiger partial charge in [-0.15, -0.1) is 0 Å². The zero-order valence-corrected chi connectivity index (χ0v) is 12.9. The molecule has 0 bridgehead atoms. The normalized spacial score (nSPS) is 11.5. The molecule has 0 atom stereocenters. The molecule has 2 heteroatoms. The van der Waals surface area contributed by atoms with Crippen LogP contribution in [0.3, 0.4) is 0 Å². The van der Waals surface area contributed by atoms with Gasteiger partial charge in [0.1, 0.15) is 0 Å². The highest BCUT2D eigenvalue weighted by Gasteiger charge is 2.23. The molecule has 0 saturated heterocycles. The standard InChI is InChI=1S/C15H17BrSi/c1-17(2,12-13-6-4-3-5-7-13)15-10-8-14(16)9-11-15/h3-11H,12H2,1-2H3. The average Bonchev–Trinajstić information content (AvgIpc) is 2.30. The Bertz CT molecular complexity index is 474. The molecule has 0 spiro atoms. The Balaban J connectivity index is 2.21. The predicted octanol–water partition coefficient (Wildman–Crippen LogP) is 4.15. The Hall–Kier alpha value is -0.863. The summed E-state index contributed by atoms with van der Waals surface area (Å²) in [5, 5.41) is 1.52. The lowest BCUT2D eigenvalue weighted by Gasteiger charge is -2.23. The van der Waals surface area contributed by atoms with Crippen LogP contribution in [0.4, 0.5) is 0 Å². The number of rotatable bonds is 3. The molecule has 0 saturated carbocycles. The molecule has 0 aromatic heterocycles. The summed E-state index contributed by atoms with van der Waals surface area (Å²) in [6.07, 6.45) is 0. The summed E-state index contributed by atoms with van der Waals surface area (Å²) in [6.45, 7) is 4.87. The summed E-state index contributed by atoms with van der Waals surface area (Å²) in [7, 11) is -1.36. The first kappa shape index (κ1) is 12.6. The Kier molecular flexibility index (Phi) is 3.85. The number of benzene rings is 2. The fourth-order valence-electron chi connectivity index (χ4n) is 2.11. The Labute approximate surface area is 113 Å². The molecule has 0 nitrogen and oxygen atoms in total. The fraction of sp³-hybridized carbons (Fsp3) is 0.200. The van der Waals surface area contributed by atoms with Gasteiger partial charge in [0.25, 0.3) is 0 Å². The summed E-state index contributed by atoms with van der Waals surface area (Å²) in [4.78, 5) is 0. The molecule has 2 aromatic carbocycles. The quantitative estimate of drug-likeness (QED) is 0.747. The van der Waals surface area contributed by atoms with Crippen LogP contribution in [0.2, 0.25) is 13.1 Å². The van der Waals surface area contributed by atoms with Crippen LogP contribution in [0, 0.1) is 0 Å². The third-order valence-corrected chi connectivity index (χ3v) is 6.83. The lowest BCUT2D eigenvalue weighted by molar-refractivity contribution is 1.32. The molecule has 0 aliphatic carbocycles. The molecule has 88 valence electrons. The topological polar surface area (TPSA) is 0 Å². The van der Waals surface area contributed by atoms with Crippen LogP contribution >= 0.6 is 15.9 Å². The van der Waals surface area contributed by atoms with E-state index >= 15 is 0 Å². The Morgan fingerprint density at radius 1 is 0.882 bits per heavy atom. The second kappa shape index (κ2) is 5.19. The second-order valence-electron chi connectivity index (χ2n) is 5.05. The second-order valence-corrected chi connectivity index (χ2v) is 10.7. The molecule has 0 N–H and O–H groups in total. The largest absolute Gasteiger partial charge is 0.0849 e. The van der Waals surface area contributed by atoms with E-state index in [-0.39, 0.29) is 0 Å². The van der Waals surface area contributed by atoms with E-state index in [4.69, 9.17) is 0 Å². The predicted molar refractivity (Wildman–Crippen MR) is 81.4 cm³/mol. The van der Waals surface area contributed by atoms with Crippen LogP contribution in [0.1, 0.15) is 5.56 Å². The van der Waals surface area contributed by atoms with Crippen LogP contribution < -0.4 is 5.19 Å². The van der Waals surface area contributed by atoms with Gasteiger partial charge in [-0.2, -0.15) is 0 Å². The smallest absolute Gasteiger partial charge is 0.0652 e.